The summed E-state index contributed by atoms with van der Waals surface area (Å²) in [5, 5.41) is 1.93. The lowest BCUT2D eigenvalue weighted by Crippen LogP contribution is -2.11. The maximum Gasteiger partial charge on any atom is 0.339 e. The summed E-state index contributed by atoms with van der Waals surface area (Å²) in [6.45, 7) is 2.40. The van der Waals surface area contributed by atoms with Crippen LogP contribution >= 0.6 is 11.3 Å². The van der Waals surface area contributed by atoms with Crippen LogP contribution in [0.15, 0.2) is 16.5 Å². The number of fused-ring (bicyclic) bond motifs is 1. The number of H-pyrrole nitrogens is 1. The van der Waals surface area contributed by atoms with Crippen LogP contribution in [0.25, 0.3) is 10.2 Å². The predicted molar refractivity (Wildman–Crippen MR) is 65.4 cm³/mol. The van der Waals surface area contributed by atoms with E-state index >= 15 is 0 Å². The maximum absolute atomic E-state index is 11.8. The second-order valence-electron chi connectivity index (χ2n) is 3.55. The molecule has 6 heteroatoms. The highest BCUT2D eigenvalue weighted by Crippen LogP contribution is 2.20. The molecular formula is C11H12N2O3S. The van der Waals surface area contributed by atoms with Crippen LogP contribution in [0.3, 0.4) is 0 Å². The number of carbonyl (C=O) groups excluding carboxylic acids is 1. The van der Waals surface area contributed by atoms with Crippen molar-refractivity contribution in [1.29, 1.82) is 0 Å². The Bertz CT molecular complexity index is 588. The SMILES string of the molecule is CCCCOC(=O)c1csc2nc[nH]c(=O)c12. The van der Waals surface area contributed by atoms with Crippen molar-refractivity contribution < 1.29 is 9.53 Å². The van der Waals surface area contributed by atoms with Crippen LogP contribution in [0.4, 0.5) is 0 Å². The molecule has 0 saturated carbocycles. The van der Waals surface area contributed by atoms with Crippen LogP contribution in [-0.2, 0) is 4.74 Å². The number of ether oxygens (including phenoxy) is 1. The molecule has 0 aliphatic carbocycles. The van der Waals surface area contributed by atoms with Crippen molar-refractivity contribution in [2.24, 2.45) is 0 Å². The van der Waals surface area contributed by atoms with Crippen LogP contribution in [-0.4, -0.2) is 22.5 Å². The number of rotatable bonds is 4. The fourth-order valence-corrected chi connectivity index (χ4v) is 2.30. The highest BCUT2D eigenvalue weighted by atomic mass is 32.1. The van der Waals surface area contributed by atoms with Gasteiger partial charge in [-0.3, -0.25) is 4.79 Å². The Balaban J connectivity index is 2.30. The average molecular weight is 252 g/mol. The van der Waals surface area contributed by atoms with Crippen LogP contribution in [0.5, 0.6) is 0 Å². The fourth-order valence-electron chi connectivity index (χ4n) is 1.42. The zero-order valence-corrected chi connectivity index (χ0v) is 10.2. The third kappa shape index (κ3) is 2.36. The van der Waals surface area contributed by atoms with Gasteiger partial charge in [0.25, 0.3) is 5.56 Å². The number of esters is 1. The summed E-state index contributed by atoms with van der Waals surface area (Å²) >= 11 is 1.26. The van der Waals surface area contributed by atoms with E-state index in [2.05, 4.69) is 9.97 Å². The monoisotopic (exact) mass is 252 g/mol. The molecule has 5 nitrogen and oxygen atoms in total. The van der Waals surface area contributed by atoms with Gasteiger partial charge in [0, 0.05) is 5.38 Å². The normalized spacial score (nSPS) is 10.6. The van der Waals surface area contributed by atoms with E-state index in [0.717, 1.165) is 12.8 Å². The lowest BCUT2D eigenvalue weighted by Gasteiger charge is -2.01. The Morgan fingerprint density at radius 1 is 1.59 bits per heavy atom. The number of nitrogens with one attached hydrogen (secondary N) is 1. The van der Waals surface area contributed by atoms with Crippen molar-refractivity contribution in [2.75, 3.05) is 6.61 Å². The summed E-state index contributed by atoms with van der Waals surface area (Å²) in [6, 6.07) is 0. The number of aromatic amines is 1. The number of thiophene rings is 1. The minimum absolute atomic E-state index is 0.301. The van der Waals surface area contributed by atoms with Crippen molar-refractivity contribution in [2.45, 2.75) is 19.8 Å². The van der Waals surface area contributed by atoms with Gasteiger partial charge in [-0.1, -0.05) is 13.3 Å². The molecule has 1 N–H and O–H groups in total. The molecule has 0 spiro atoms. The molecule has 2 aromatic rings. The molecule has 0 bridgehead atoms. The lowest BCUT2D eigenvalue weighted by molar-refractivity contribution is 0.0502. The Hall–Kier alpha value is -1.69. The first-order valence-corrected chi connectivity index (χ1v) is 6.24. The summed E-state index contributed by atoms with van der Waals surface area (Å²) in [6.07, 6.45) is 3.11. The van der Waals surface area contributed by atoms with Crippen LogP contribution in [0.1, 0.15) is 30.1 Å². The first kappa shape index (κ1) is 11.8. The topological polar surface area (TPSA) is 72.0 Å². The number of carbonyl (C=O) groups is 1. The number of unbranched alkanes of at least 4 members (excludes halogenated alkanes) is 1. The molecule has 2 aromatic heterocycles. The van der Waals surface area contributed by atoms with Gasteiger partial charge in [-0.2, -0.15) is 0 Å². The first-order chi connectivity index (χ1) is 8.24. The van der Waals surface area contributed by atoms with E-state index in [1.165, 1.54) is 17.7 Å². The number of aromatic nitrogens is 2. The Kier molecular flexibility index (Phi) is 3.53. The van der Waals surface area contributed by atoms with Gasteiger partial charge in [-0.05, 0) is 6.42 Å². The molecule has 0 radical (unpaired) electrons. The van der Waals surface area contributed by atoms with Gasteiger partial charge >= 0.3 is 5.97 Å². The molecule has 0 aliphatic heterocycles. The molecule has 0 atom stereocenters. The molecule has 0 saturated heterocycles. The maximum atomic E-state index is 11.8. The van der Waals surface area contributed by atoms with Crippen LogP contribution < -0.4 is 5.56 Å². The third-order valence-electron chi connectivity index (χ3n) is 2.33. The molecule has 0 aromatic carbocycles. The van der Waals surface area contributed by atoms with Gasteiger partial charge in [-0.25, -0.2) is 9.78 Å². The number of hydrogen-bond donors (Lipinski definition) is 1. The van der Waals surface area contributed by atoms with E-state index in [4.69, 9.17) is 4.74 Å². The summed E-state index contributed by atoms with van der Waals surface area (Å²) in [4.78, 5) is 30.4. The predicted octanol–water partition coefficient (Wildman–Crippen LogP) is 1.94. The molecule has 17 heavy (non-hydrogen) atoms. The zero-order chi connectivity index (χ0) is 12.3. The quantitative estimate of drug-likeness (QED) is 0.666. The standard InChI is InChI=1S/C11H12N2O3S/c1-2-3-4-16-11(15)7-5-17-10-8(7)9(14)12-6-13-10/h5-6H,2-4H2,1H3,(H,12,13,14). The van der Waals surface area contributed by atoms with E-state index < -0.39 is 5.97 Å². The minimum Gasteiger partial charge on any atom is -0.462 e. The molecule has 0 fully saturated rings. The summed E-state index contributed by atoms with van der Waals surface area (Å²) in [7, 11) is 0. The van der Waals surface area contributed by atoms with Gasteiger partial charge in [-0.15, -0.1) is 11.3 Å². The zero-order valence-electron chi connectivity index (χ0n) is 9.36. The summed E-state index contributed by atoms with van der Waals surface area (Å²) < 4.78 is 5.08. The van der Waals surface area contributed by atoms with Gasteiger partial charge in [0.15, 0.2) is 0 Å². The third-order valence-corrected chi connectivity index (χ3v) is 3.21. The van der Waals surface area contributed by atoms with E-state index in [9.17, 15) is 9.59 Å². The molecule has 0 unspecified atom stereocenters. The van der Waals surface area contributed by atoms with Crippen molar-refractivity contribution in [3.8, 4) is 0 Å². The van der Waals surface area contributed by atoms with Gasteiger partial charge in [0.1, 0.15) is 4.83 Å². The highest BCUT2D eigenvalue weighted by molar-refractivity contribution is 7.17. The van der Waals surface area contributed by atoms with Crippen molar-refractivity contribution in [1.82, 2.24) is 9.97 Å². The van der Waals surface area contributed by atoms with E-state index in [-0.39, 0.29) is 5.56 Å². The molecule has 2 rings (SSSR count). The Labute approximate surface area is 101 Å². The largest absolute Gasteiger partial charge is 0.462 e. The van der Waals surface area contributed by atoms with Crippen molar-refractivity contribution >= 4 is 27.5 Å². The number of nitrogens with zero attached hydrogens (tertiary/aromatic N) is 1. The molecular weight excluding hydrogens is 240 g/mol. The van der Waals surface area contributed by atoms with E-state index in [0.29, 0.717) is 22.4 Å². The molecule has 0 aliphatic rings. The fraction of sp³-hybridized carbons (Fsp3) is 0.364. The van der Waals surface area contributed by atoms with E-state index in [1.807, 2.05) is 6.92 Å². The minimum atomic E-state index is -0.455. The van der Waals surface area contributed by atoms with Gasteiger partial charge in [0.2, 0.25) is 0 Å². The summed E-state index contributed by atoms with van der Waals surface area (Å²) in [5.41, 5.74) is -0.00542. The molecule has 2 heterocycles. The highest BCUT2D eigenvalue weighted by Gasteiger charge is 2.16. The smallest absolute Gasteiger partial charge is 0.339 e. The number of hydrogen-bond acceptors (Lipinski definition) is 5. The van der Waals surface area contributed by atoms with Crippen molar-refractivity contribution in [3.05, 3.63) is 27.6 Å². The summed E-state index contributed by atoms with van der Waals surface area (Å²) in [5.74, 6) is -0.455. The Morgan fingerprint density at radius 3 is 3.18 bits per heavy atom. The van der Waals surface area contributed by atoms with Crippen molar-refractivity contribution in [3.63, 3.8) is 0 Å². The lowest BCUT2D eigenvalue weighted by atomic mass is 10.2. The molecule has 0 amide bonds. The second-order valence-corrected chi connectivity index (χ2v) is 4.41. The van der Waals surface area contributed by atoms with Crippen LogP contribution in [0.2, 0.25) is 0 Å². The van der Waals surface area contributed by atoms with E-state index in [1.54, 1.807) is 5.38 Å². The molecule has 90 valence electrons. The Morgan fingerprint density at radius 2 is 2.41 bits per heavy atom. The van der Waals surface area contributed by atoms with Gasteiger partial charge in [0.05, 0.1) is 23.9 Å². The average Bonchev–Trinajstić information content (AvgIpc) is 2.74. The first-order valence-electron chi connectivity index (χ1n) is 5.36. The van der Waals surface area contributed by atoms with Crippen LogP contribution in [0, 0.1) is 0 Å². The second kappa shape index (κ2) is 5.09. The van der Waals surface area contributed by atoms with Gasteiger partial charge < -0.3 is 9.72 Å².